The van der Waals surface area contributed by atoms with Crippen LogP contribution in [0.4, 0.5) is 0 Å². The van der Waals surface area contributed by atoms with Crippen molar-refractivity contribution in [2.75, 3.05) is 26.2 Å². The van der Waals surface area contributed by atoms with Crippen molar-refractivity contribution in [3.8, 4) is 0 Å². The third-order valence-electron chi connectivity index (χ3n) is 6.47. The Morgan fingerprint density at radius 3 is 2.54 bits per heavy atom. The molecule has 150 valence electrons. The van der Waals surface area contributed by atoms with E-state index in [1.807, 2.05) is 29.2 Å². The number of H-pyrrole nitrogens is 1. The Labute approximate surface area is 166 Å². The number of nitrogens with one attached hydrogen (secondary N) is 1. The van der Waals surface area contributed by atoms with Crippen LogP contribution in [0.3, 0.4) is 0 Å². The summed E-state index contributed by atoms with van der Waals surface area (Å²) in [5.74, 6) is 2.69. The van der Waals surface area contributed by atoms with E-state index in [0.29, 0.717) is 18.3 Å². The van der Waals surface area contributed by atoms with E-state index in [-0.39, 0.29) is 11.8 Å². The van der Waals surface area contributed by atoms with Gasteiger partial charge in [-0.25, -0.2) is 4.98 Å². The summed E-state index contributed by atoms with van der Waals surface area (Å²) in [7, 11) is 0. The molecule has 2 fully saturated rings. The van der Waals surface area contributed by atoms with Crippen molar-refractivity contribution in [1.82, 2.24) is 19.8 Å². The van der Waals surface area contributed by atoms with Crippen LogP contribution in [0.25, 0.3) is 11.0 Å². The Hall–Kier alpha value is -2.37. The molecular formula is C22H30N4O2. The number of aromatic amines is 1. The lowest BCUT2D eigenvalue weighted by atomic mass is 9.84. The molecule has 6 nitrogen and oxygen atoms in total. The van der Waals surface area contributed by atoms with Crippen molar-refractivity contribution in [3.63, 3.8) is 0 Å². The number of fused-ring (bicyclic) bond motifs is 1. The zero-order valence-corrected chi connectivity index (χ0v) is 16.7. The SMILES string of the molecule is CC(=O)N1CCC(C2CCN(C(=O)CCCc3nc4ccccc4[nH]3)C2)CC1. The average molecular weight is 383 g/mol. The highest BCUT2D eigenvalue weighted by Gasteiger charge is 2.33. The summed E-state index contributed by atoms with van der Waals surface area (Å²) in [6.07, 6.45) is 5.50. The van der Waals surface area contributed by atoms with Gasteiger partial charge in [0.05, 0.1) is 11.0 Å². The Kier molecular flexibility index (Phi) is 5.64. The fourth-order valence-electron chi connectivity index (χ4n) is 4.77. The second-order valence-corrected chi connectivity index (χ2v) is 8.29. The summed E-state index contributed by atoms with van der Waals surface area (Å²) in [6, 6.07) is 8.03. The number of hydrogen-bond donors (Lipinski definition) is 1. The molecule has 1 aromatic carbocycles. The van der Waals surface area contributed by atoms with Gasteiger partial charge in [-0.3, -0.25) is 9.59 Å². The molecule has 1 unspecified atom stereocenters. The molecule has 1 atom stereocenters. The highest BCUT2D eigenvalue weighted by molar-refractivity contribution is 5.77. The maximum absolute atomic E-state index is 12.6. The number of nitrogens with zero attached hydrogens (tertiary/aromatic N) is 3. The fourth-order valence-corrected chi connectivity index (χ4v) is 4.77. The number of hydrogen-bond acceptors (Lipinski definition) is 3. The standard InChI is InChI=1S/C22H30N4O2/c1-16(27)25-12-9-17(10-13-25)18-11-14-26(15-18)22(28)8-4-7-21-23-19-5-2-3-6-20(19)24-21/h2-3,5-6,17-18H,4,7-15H2,1H3,(H,23,24). The van der Waals surface area contributed by atoms with Gasteiger partial charge in [0.25, 0.3) is 0 Å². The molecule has 0 radical (unpaired) electrons. The number of aryl methyl sites for hydroxylation is 1. The van der Waals surface area contributed by atoms with Crippen LogP contribution in [0.15, 0.2) is 24.3 Å². The van der Waals surface area contributed by atoms with Crippen LogP contribution in [-0.2, 0) is 16.0 Å². The number of rotatable bonds is 5. The molecule has 1 aromatic heterocycles. The van der Waals surface area contributed by atoms with Gasteiger partial charge in [-0.1, -0.05) is 12.1 Å². The third-order valence-corrected chi connectivity index (χ3v) is 6.47. The van der Waals surface area contributed by atoms with Crippen molar-refractivity contribution in [1.29, 1.82) is 0 Å². The van der Waals surface area contributed by atoms with Gasteiger partial charge in [0.1, 0.15) is 5.82 Å². The number of aromatic nitrogens is 2. The van der Waals surface area contributed by atoms with E-state index in [9.17, 15) is 9.59 Å². The Bertz CT molecular complexity index is 805. The van der Waals surface area contributed by atoms with Gasteiger partial charge in [0, 0.05) is 45.9 Å². The number of benzene rings is 1. The molecule has 2 aliphatic heterocycles. The minimum Gasteiger partial charge on any atom is -0.343 e. The maximum Gasteiger partial charge on any atom is 0.222 e. The summed E-state index contributed by atoms with van der Waals surface area (Å²) >= 11 is 0. The molecule has 2 aromatic rings. The number of carbonyl (C=O) groups excluding carboxylic acids is 2. The summed E-state index contributed by atoms with van der Waals surface area (Å²) in [4.78, 5) is 36.0. The predicted octanol–water partition coefficient (Wildman–Crippen LogP) is 2.99. The first kappa shape index (κ1) is 19.0. The lowest BCUT2D eigenvalue weighted by Crippen LogP contribution is -2.39. The molecule has 0 bridgehead atoms. The van der Waals surface area contributed by atoms with Gasteiger partial charge in [-0.2, -0.15) is 0 Å². The molecule has 0 aliphatic carbocycles. The number of amides is 2. The van der Waals surface area contributed by atoms with Gasteiger partial charge < -0.3 is 14.8 Å². The number of para-hydroxylation sites is 2. The van der Waals surface area contributed by atoms with Gasteiger partial charge in [0.15, 0.2) is 0 Å². The van der Waals surface area contributed by atoms with Crippen LogP contribution in [0.2, 0.25) is 0 Å². The van der Waals surface area contributed by atoms with Crippen LogP contribution >= 0.6 is 0 Å². The molecule has 3 heterocycles. The first-order valence-corrected chi connectivity index (χ1v) is 10.6. The highest BCUT2D eigenvalue weighted by Crippen LogP contribution is 2.32. The highest BCUT2D eigenvalue weighted by atomic mass is 16.2. The zero-order valence-electron chi connectivity index (χ0n) is 16.7. The average Bonchev–Trinajstić information content (AvgIpc) is 3.35. The summed E-state index contributed by atoms with van der Waals surface area (Å²) in [5.41, 5.74) is 2.05. The number of likely N-dealkylation sites (tertiary alicyclic amines) is 2. The molecular weight excluding hydrogens is 352 g/mol. The van der Waals surface area contributed by atoms with E-state index in [1.54, 1.807) is 6.92 Å². The van der Waals surface area contributed by atoms with Crippen LogP contribution in [0.1, 0.15) is 44.9 Å². The van der Waals surface area contributed by atoms with Gasteiger partial charge in [-0.15, -0.1) is 0 Å². The predicted molar refractivity (Wildman–Crippen MR) is 109 cm³/mol. The molecule has 2 saturated heterocycles. The minimum absolute atomic E-state index is 0.186. The number of imidazole rings is 1. The molecule has 0 spiro atoms. The lowest BCUT2D eigenvalue weighted by Gasteiger charge is -2.34. The normalized spacial score (nSPS) is 20.8. The van der Waals surface area contributed by atoms with Crippen molar-refractivity contribution in [2.45, 2.75) is 45.4 Å². The quantitative estimate of drug-likeness (QED) is 0.864. The Balaban J connectivity index is 1.21. The van der Waals surface area contributed by atoms with E-state index in [2.05, 4.69) is 14.9 Å². The molecule has 2 amide bonds. The number of carbonyl (C=O) groups is 2. The smallest absolute Gasteiger partial charge is 0.222 e. The van der Waals surface area contributed by atoms with Gasteiger partial charge >= 0.3 is 0 Å². The summed E-state index contributed by atoms with van der Waals surface area (Å²) in [5, 5.41) is 0. The lowest BCUT2D eigenvalue weighted by molar-refractivity contribution is -0.130. The fraction of sp³-hybridized carbons (Fsp3) is 0.591. The van der Waals surface area contributed by atoms with Crippen LogP contribution < -0.4 is 0 Å². The molecule has 28 heavy (non-hydrogen) atoms. The minimum atomic E-state index is 0.186. The molecule has 0 saturated carbocycles. The van der Waals surface area contributed by atoms with Gasteiger partial charge in [0.2, 0.25) is 11.8 Å². The Morgan fingerprint density at radius 2 is 1.79 bits per heavy atom. The second kappa shape index (κ2) is 8.33. The van der Waals surface area contributed by atoms with Crippen molar-refractivity contribution < 1.29 is 9.59 Å². The number of piperidine rings is 1. The van der Waals surface area contributed by atoms with Gasteiger partial charge in [-0.05, 0) is 49.7 Å². The first-order valence-electron chi connectivity index (χ1n) is 10.6. The molecule has 1 N–H and O–H groups in total. The molecule has 6 heteroatoms. The van der Waals surface area contributed by atoms with E-state index >= 15 is 0 Å². The van der Waals surface area contributed by atoms with Crippen LogP contribution in [-0.4, -0.2) is 57.8 Å². The van der Waals surface area contributed by atoms with E-state index in [0.717, 1.165) is 75.1 Å². The maximum atomic E-state index is 12.6. The van der Waals surface area contributed by atoms with Crippen molar-refractivity contribution in [3.05, 3.63) is 30.1 Å². The van der Waals surface area contributed by atoms with Crippen molar-refractivity contribution >= 4 is 22.8 Å². The molecule has 2 aliphatic rings. The Morgan fingerprint density at radius 1 is 1.07 bits per heavy atom. The summed E-state index contributed by atoms with van der Waals surface area (Å²) < 4.78 is 0. The molecule has 4 rings (SSSR count). The van der Waals surface area contributed by atoms with E-state index in [1.165, 1.54) is 0 Å². The first-order chi connectivity index (χ1) is 13.6. The zero-order chi connectivity index (χ0) is 19.5. The monoisotopic (exact) mass is 382 g/mol. The van der Waals surface area contributed by atoms with Crippen molar-refractivity contribution in [2.24, 2.45) is 11.8 Å². The van der Waals surface area contributed by atoms with E-state index in [4.69, 9.17) is 0 Å². The van der Waals surface area contributed by atoms with Crippen LogP contribution in [0.5, 0.6) is 0 Å². The van der Waals surface area contributed by atoms with Crippen LogP contribution in [0, 0.1) is 11.8 Å². The summed E-state index contributed by atoms with van der Waals surface area (Å²) in [6.45, 7) is 5.20. The third kappa shape index (κ3) is 4.21. The second-order valence-electron chi connectivity index (χ2n) is 8.29. The topological polar surface area (TPSA) is 69.3 Å². The van der Waals surface area contributed by atoms with E-state index < -0.39 is 0 Å². The largest absolute Gasteiger partial charge is 0.343 e.